The monoisotopic (exact) mass is 257 g/mol. The fourth-order valence-corrected chi connectivity index (χ4v) is 2.43. The van der Waals surface area contributed by atoms with Gasteiger partial charge in [-0.15, -0.1) is 0 Å². The van der Waals surface area contributed by atoms with Gasteiger partial charge in [0.1, 0.15) is 11.6 Å². The molecule has 4 heteroatoms. The second-order valence-corrected chi connectivity index (χ2v) is 4.91. The number of imidazole rings is 1. The van der Waals surface area contributed by atoms with Crippen LogP contribution in [-0.4, -0.2) is 23.1 Å². The summed E-state index contributed by atoms with van der Waals surface area (Å²) in [5.41, 5.74) is 9.05. The molecule has 0 saturated carbocycles. The number of rotatable bonds is 4. The lowest BCUT2D eigenvalue weighted by atomic mass is 10.0. The van der Waals surface area contributed by atoms with Gasteiger partial charge in [-0.05, 0) is 49.6 Å². The Hall–Kier alpha value is -1.81. The number of aromatic amines is 1. The van der Waals surface area contributed by atoms with Crippen molar-refractivity contribution in [3.63, 3.8) is 0 Å². The summed E-state index contributed by atoms with van der Waals surface area (Å²) >= 11 is 0. The van der Waals surface area contributed by atoms with Crippen molar-refractivity contribution in [2.24, 2.45) is 5.73 Å². The largest absolute Gasteiger partial charge is 0.493 e. The molecule has 0 spiro atoms. The maximum atomic E-state index is 5.63. The van der Waals surface area contributed by atoms with Crippen molar-refractivity contribution in [2.45, 2.75) is 25.7 Å². The van der Waals surface area contributed by atoms with Crippen LogP contribution in [0.15, 0.2) is 24.4 Å². The quantitative estimate of drug-likeness (QED) is 0.883. The van der Waals surface area contributed by atoms with E-state index in [2.05, 4.69) is 28.2 Å². The van der Waals surface area contributed by atoms with Crippen LogP contribution in [0.4, 0.5) is 0 Å². The fraction of sp³-hybridized carbons (Fsp3) is 0.400. The second-order valence-electron chi connectivity index (χ2n) is 4.91. The summed E-state index contributed by atoms with van der Waals surface area (Å²) in [7, 11) is 0. The predicted molar refractivity (Wildman–Crippen MR) is 75.2 cm³/mol. The first-order valence-corrected chi connectivity index (χ1v) is 6.87. The first-order chi connectivity index (χ1) is 9.36. The number of H-pyrrole nitrogens is 1. The number of hydrogen-bond acceptors (Lipinski definition) is 3. The highest BCUT2D eigenvalue weighted by Gasteiger charge is 2.12. The third-order valence-corrected chi connectivity index (χ3v) is 3.47. The van der Waals surface area contributed by atoms with Crippen molar-refractivity contribution < 1.29 is 4.74 Å². The van der Waals surface area contributed by atoms with Crippen LogP contribution >= 0.6 is 0 Å². The summed E-state index contributed by atoms with van der Waals surface area (Å²) in [4.78, 5) is 7.76. The molecule has 4 nitrogen and oxygen atoms in total. The number of benzene rings is 1. The molecule has 3 rings (SSSR count). The highest BCUT2D eigenvalue weighted by Crippen LogP contribution is 2.29. The van der Waals surface area contributed by atoms with E-state index in [0.29, 0.717) is 6.54 Å². The molecule has 0 atom stereocenters. The Balaban J connectivity index is 1.83. The number of nitrogens with zero attached hydrogens (tertiary/aromatic N) is 1. The number of fused-ring (bicyclic) bond motifs is 1. The van der Waals surface area contributed by atoms with Gasteiger partial charge in [0.05, 0.1) is 18.5 Å². The molecular formula is C15H19N3O. The van der Waals surface area contributed by atoms with E-state index in [-0.39, 0.29) is 0 Å². The molecule has 0 unspecified atom stereocenters. The minimum Gasteiger partial charge on any atom is -0.493 e. The zero-order valence-electron chi connectivity index (χ0n) is 11.0. The van der Waals surface area contributed by atoms with E-state index in [4.69, 9.17) is 10.5 Å². The first-order valence-electron chi connectivity index (χ1n) is 6.87. The molecule has 1 aliphatic rings. The van der Waals surface area contributed by atoms with Crippen molar-refractivity contribution >= 4 is 0 Å². The van der Waals surface area contributed by atoms with Gasteiger partial charge in [0.25, 0.3) is 0 Å². The summed E-state index contributed by atoms with van der Waals surface area (Å²) in [5.74, 6) is 2.03. The smallest absolute Gasteiger partial charge is 0.122 e. The van der Waals surface area contributed by atoms with Crippen LogP contribution < -0.4 is 10.5 Å². The van der Waals surface area contributed by atoms with Gasteiger partial charge < -0.3 is 15.5 Å². The lowest BCUT2D eigenvalue weighted by Gasteiger charge is -2.17. The minimum absolute atomic E-state index is 0.701. The molecule has 0 aliphatic carbocycles. The zero-order chi connectivity index (χ0) is 13.1. The van der Waals surface area contributed by atoms with Crippen molar-refractivity contribution in [2.75, 3.05) is 13.2 Å². The van der Waals surface area contributed by atoms with E-state index in [9.17, 15) is 0 Å². The predicted octanol–water partition coefficient (Wildman–Crippen LogP) is 2.29. The van der Waals surface area contributed by atoms with Crippen molar-refractivity contribution in [1.29, 1.82) is 0 Å². The van der Waals surface area contributed by atoms with E-state index < -0.39 is 0 Å². The van der Waals surface area contributed by atoms with Crippen LogP contribution in [-0.2, 0) is 12.8 Å². The van der Waals surface area contributed by atoms with E-state index >= 15 is 0 Å². The van der Waals surface area contributed by atoms with Gasteiger partial charge in [-0.3, -0.25) is 0 Å². The average Bonchev–Trinajstić information content (AvgIpc) is 2.93. The lowest BCUT2D eigenvalue weighted by Crippen LogP contribution is -2.08. The molecule has 0 radical (unpaired) electrons. The van der Waals surface area contributed by atoms with Gasteiger partial charge in [0.2, 0.25) is 0 Å². The number of aromatic nitrogens is 2. The normalized spacial score (nSPS) is 13.9. The average molecular weight is 257 g/mol. The highest BCUT2D eigenvalue weighted by atomic mass is 16.5. The Kier molecular flexibility index (Phi) is 3.51. The molecule has 1 aromatic heterocycles. The molecule has 3 N–H and O–H groups in total. The standard InChI is InChI=1S/C15H19N3O/c16-7-1-4-15-17-10-13(18-15)11-5-6-14-12(9-11)3-2-8-19-14/h5-6,9-10H,1-4,7-8,16H2,(H,17,18). The number of hydrogen-bond donors (Lipinski definition) is 2. The molecule has 100 valence electrons. The van der Waals surface area contributed by atoms with E-state index in [1.54, 1.807) is 0 Å². The van der Waals surface area contributed by atoms with E-state index in [1.165, 1.54) is 11.1 Å². The molecule has 0 amide bonds. The van der Waals surface area contributed by atoms with Crippen molar-refractivity contribution in [3.05, 3.63) is 35.8 Å². The van der Waals surface area contributed by atoms with Crippen LogP contribution in [0.1, 0.15) is 24.2 Å². The van der Waals surface area contributed by atoms with Crippen LogP contribution in [0.25, 0.3) is 11.3 Å². The van der Waals surface area contributed by atoms with Gasteiger partial charge in [0.15, 0.2) is 0 Å². The zero-order valence-corrected chi connectivity index (χ0v) is 11.0. The van der Waals surface area contributed by atoms with Gasteiger partial charge in [-0.25, -0.2) is 4.98 Å². The maximum Gasteiger partial charge on any atom is 0.122 e. The third-order valence-electron chi connectivity index (χ3n) is 3.47. The van der Waals surface area contributed by atoms with Crippen LogP contribution in [0.5, 0.6) is 5.75 Å². The van der Waals surface area contributed by atoms with Gasteiger partial charge in [-0.1, -0.05) is 0 Å². The Morgan fingerprint density at radius 1 is 1.37 bits per heavy atom. The number of aryl methyl sites for hydroxylation is 2. The summed E-state index contributed by atoms with van der Waals surface area (Å²) in [6, 6.07) is 6.35. The molecule has 19 heavy (non-hydrogen) atoms. The van der Waals surface area contributed by atoms with Crippen molar-refractivity contribution in [3.8, 4) is 17.0 Å². The SMILES string of the molecule is NCCCc1ncc(-c2ccc3c(c2)CCCO3)[nH]1. The van der Waals surface area contributed by atoms with E-state index in [0.717, 1.165) is 49.6 Å². The Morgan fingerprint density at radius 3 is 3.21 bits per heavy atom. The summed E-state index contributed by atoms with van der Waals surface area (Å²) < 4.78 is 5.63. The molecular weight excluding hydrogens is 238 g/mol. The fourth-order valence-electron chi connectivity index (χ4n) is 2.43. The van der Waals surface area contributed by atoms with Gasteiger partial charge in [-0.2, -0.15) is 0 Å². The first kappa shape index (κ1) is 12.2. The molecule has 0 fully saturated rings. The third kappa shape index (κ3) is 2.63. The Morgan fingerprint density at radius 2 is 2.32 bits per heavy atom. The van der Waals surface area contributed by atoms with Gasteiger partial charge >= 0.3 is 0 Å². The number of nitrogens with one attached hydrogen (secondary N) is 1. The number of ether oxygens (including phenoxy) is 1. The molecule has 2 heterocycles. The Labute approximate surface area is 113 Å². The summed E-state index contributed by atoms with van der Waals surface area (Å²) in [6.07, 6.45) is 5.96. The molecule has 1 aliphatic heterocycles. The van der Waals surface area contributed by atoms with Crippen molar-refractivity contribution in [1.82, 2.24) is 9.97 Å². The summed E-state index contributed by atoms with van der Waals surface area (Å²) in [6.45, 7) is 1.53. The highest BCUT2D eigenvalue weighted by molar-refractivity contribution is 5.62. The molecule has 0 bridgehead atoms. The minimum atomic E-state index is 0.701. The van der Waals surface area contributed by atoms with E-state index in [1.807, 2.05) is 6.20 Å². The van der Waals surface area contributed by atoms with Crippen LogP contribution in [0, 0.1) is 0 Å². The second kappa shape index (κ2) is 5.45. The molecule has 2 aromatic rings. The van der Waals surface area contributed by atoms with Gasteiger partial charge in [0, 0.05) is 12.0 Å². The Bertz CT molecular complexity index is 562. The topological polar surface area (TPSA) is 63.9 Å². The molecule has 1 aromatic carbocycles. The number of nitrogens with two attached hydrogens (primary N) is 1. The summed E-state index contributed by atoms with van der Waals surface area (Å²) in [5, 5.41) is 0. The van der Waals surface area contributed by atoms with Crippen LogP contribution in [0.3, 0.4) is 0 Å². The van der Waals surface area contributed by atoms with Crippen LogP contribution in [0.2, 0.25) is 0 Å². The lowest BCUT2D eigenvalue weighted by molar-refractivity contribution is 0.288. The maximum absolute atomic E-state index is 5.63. The molecule has 0 saturated heterocycles.